The van der Waals surface area contributed by atoms with Crippen LogP contribution in [-0.2, 0) is 16.0 Å². The van der Waals surface area contributed by atoms with Gasteiger partial charge in [-0.1, -0.05) is 18.2 Å². The summed E-state index contributed by atoms with van der Waals surface area (Å²) in [4.78, 5) is 29.5. The van der Waals surface area contributed by atoms with Crippen LogP contribution in [0.4, 0.5) is 0 Å². The van der Waals surface area contributed by atoms with E-state index in [0.29, 0.717) is 18.7 Å². The normalized spacial score (nSPS) is 10.3. The Morgan fingerprint density at radius 1 is 1.22 bits per heavy atom. The Kier molecular flexibility index (Phi) is 5.87. The van der Waals surface area contributed by atoms with Crippen molar-refractivity contribution < 1.29 is 23.5 Å². The molecule has 0 aliphatic rings. The van der Waals surface area contributed by atoms with Gasteiger partial charge in [0.25, 0.3) is 5.91 Å². The first-order valence-corrected chi connectivity index (χ1v) is 7.01. The summed E-state index contributed by atoms with van der Waals surface area (Å²) in [5.41, 5.74) is 0.629. The molecule has 0 N–H and O–H groups in total. The molecule has 7 nitrogen and oxygen atoms in total. The van der Waals surface area contributed by atoms with E-state index in [1.54, 1.807) is 36.3 Å². The number of methoxy groups -OCH3 is 2. The van der Waals surface area contributed by atoms with Crippen molar-refractivity contribution in [2.45, 2.75) is 6.54 Å². The number of esters is 1. The summed E-state index contributed by atoms with van der Waals surface area (Å²) < 4.78 is 14.8. The summed E-state index contributed by atoms with van der Waals surface area (Å²) in [7, 11) is 2.83. The van der Waals surface area contributed by atoms with Crippen molar-refractivity contribution in [2.75, 3.05) is 27.4 Å². The highest BCUT2D eigenvalue weighted by Gasteiger charge is 2.19. The molecule has 0 radical (unpaired) electrons. The van der Waals surface area contributed by atoms with Crippen molar-refractivity contribution in [1.29, 1.82) is 0 Å². The first-order chi connectivity index (χ1) is 11.2. The molecule has 1 aromatic heterocycles. The second-order valence-electron chi connectivity index (χ2n) is 4.70. The van der Waals surface area contributed by atoms with Gasteiger partial charge in [-0.25, -0.2) is 9.78 Å². The van der Waals surface area contributed by atoms with Crippen LogP contribution in [0.5, 0.6) is 0 Å². The van der Waals surface area contributed by atoms with Crippen molar-refractivity contribution in [3.8, 4) is 0 Å². The van der Waals surface area contributed by atoms with Gasteiger partial charge in [-0.15, -0.1) is 0 Å². The Labute approximate surface area is 133 Å². The average Bonchev–Trinajstić information content (AvgIpc) is 3.06. The van der Waals surface area contributed by atoms with Gasteiger partial charge < -0.3 is 18.8 Å². The van der Waals surface area contributed by atoms with Crippen LogP contribution in [-0.4, -0.2) is 49.1 Å². The van der Waals surface area contributed by atoms with Crippen LogP contribution in [0.25, 0.3) is 0 Å². The topological polar surface area (TPSA) is 81.9 Å². The minimum absolute atomic E-state index is 0.0707. The van der Waals surface area contributed by atoms with Crippen molar-refractivity contribution in [3.63, 3.8) is 0 Å². The lowest BCUT2D eigenvalue weighted by Crippen LogP contribution is -2.33. The molecule has 1 amide bonds. The SMILES string of the molecule is COCCN(Cc1nc(C(=O)OC)co1)C(=O)c1ccccc1. The molecule has 0 atom stereocenters. The molecule has 2 rings (SSSR count). The maximum atomic E-state index is 12.6. The highest BCUT2D eigenvalue weighted by atomic mass is 16.5. The smallest absolute Gasteiger partial charge is 0.360 e. The molecule has 7 heteroatoms. The predicted octanol–water partition coefficient (Wildman–Crippen LogP) is 1.75. The van der Waals surface area contributed by atoms with E-state index in [4.69, 9.17) is 9.15 Å². The molecule has 0 aliphatic heterocycles. The fraction of sp³-hybridized carbons (Fsp3) is 0.312. The highest BCUT2D eigenvalue weighted by Crippen LogP contribution is 2.11. The van der Waals surface area contributed by atoms with Crippen LogP contribution < -0.4 is 0 Å². The van der Waals surface area contributed by atoms with E-state index in [1.165, 1.54) is 13.4 Å². The maximum Gasteiger partial charge on any atom is 0.360 e. The van der Waals surface area contributed by atoms with Gasteiger partial charge in [0.15, 0.2) is 5.69 Å². The first-order valence-electron chi connectivity index (χ1n) is 7.01. The molecule has 1 aromatic carbocycles. The predicted molar refractivity (Wildman–Crippen MR) is 80.9 cm³/mol. The molecular formula is C16H18N2O5. The summed E-state index contributed by atoms with van der Waals surface area (Å²) >= 11 is 0. The first kappa shape index (κ1) is 16.7. The van der Waals surface area contributed by atoms with E-state index in [9.17, 15) is 9.59 Å². The fourth-order valence-corrected chi connectivity index (χ4v) is 1.96. The number of carbonyl (C=O) groups excluding carboxylic acids is 2. The summed E-state index contributed by atoms with van der Waals surface area (Å²) in [6.07, 6.45) is 1.21. The molecule has 0 spiro atoms. The molecule has 0 saturated heterocycles. The number of hydrogen-bond donors (Lipinski definition) is 0. The van der Waals surface area contributed by atoms with Gasteiger partial charge in [0.2, 0.25) is 5.89 Å². The van der Waals surface area contributed by atoms with Crippen LogP contribution in [0.1, 0.15) is 26.7 Å². The molecule has 0 aliphatic carbocycles. The second kappa shape index (κ2) is 8.09. The van der Waals surface area contributed by atoms with Gasteiger partial charge in [0, 0.05) is 19.2 Å². The number of rotatable bonds is 7. The van der Waals surface area contributed by atoms with Crippen molar-refractivity contribution in [2.24, 2.45) is 0 Å². The number of oxazole rings is 1. The number of amides is 1. The standard InChI is InChI=1S/C16H18N2O5/c1-21-9-8-18(15(19)12-6-4-3-5-7-12)10-14-17-13(11-23-14)16(20)22-2/h3-7,11H,8-10H2,1-2H3. The summed E-state index contributed by atoms with van der Waals surface area (Å²) in [6, 6.07) is 8.90. The van der Waals surface area contributed by atoms with Gasteiger partial charge in [-0.2, -0.15) is 0 Å². The van der Waals surface area contributed by atoms with E-state index in [0.717, 1.165) is 0 Å². The number of nitrogens with zero attached hydrogens (tertiary/aromatic N) is 2. The lowest BCUT2D eigenvalue weighted by Gasteiger charge is -2.20. The lowest BCUT2D eigenvalue weighted by molar-refractivity contribution is 0.0594. The molecular weight excluding hydrogens is 300 g/mol. The largest absolute Gasteiger partial charge is 0.464 e. The second-order valence-corrected chi connectivity index (χ2v) is 4.70. The van der Waals surface area contributed by atoms with Gasteiger partial charge in [0.1, 0.15) is 6.26 Å². The molecule has 23 heavy (non-hydrogen) atoms. The van der Waals surface area contributed by atoms with Crippen LogP contribution in [0.15, 0.2) is 41.0 Å². The van der Waals surface area contributed by atoms with Crippen molar-refractivity contribution in [1.82, 2.24) is 9.88 Å². The monoisotopic (exact) mass is 318 g/mol. The van der Waals surface area contributed by atoms with Gasteiger partial charge in [-0.05, 0) is 12.1 Å². The highest BCUT2D eigenvalue weighted by molar-refractivity contribution is 5.94. The van der Waals surface area contributed by atoms with E-state index >= 15 is 0 Å². The van der Waals surface area contributed by atoms with E-state index in [2.05, 4.69) is 9.72 Å². The number of ether oxygens (including phenoxy) is 2. The zero-order chi connectivity index (χ0) is 16.7. The average molecular weight is 318 g/mol. The lowest BCUT2D eigenvalue weighted by atomic mass is 10.2. The molecule has 0 unspecified atom stereocenters. The quantitative estimate of drug-likeness (QED) is 0.723. The molecule has 0 saturated carbocycles. The fourth-order valence-electron chi connectivity index (χ4n) is 1.96. The molecule has 0 fully saturated rings. The Morgan fingerprint density at radius 3 is 2.61 bits per heavy atom. The Balaban J connectivity index is 2.13. The third-order valence-corrected chi connectivity index (χ3v) is 3.15. The van der Waals surface area contributed by atoms with Crippen LogP contribution >= 0.6 is 0 Å². The summed E-state index contributed by atoms with van der Waals surface area (Å²) in [5.74, 6) is -0.496. The van der Waals surface area contributed by atoms with E-state index < -0.39 is 5.97 Å². The van der Waals surface area contributed by atoms with E-state index in [1.807, 2.05) is 6.07 Å². The minimum atomic E-state index is -0.585. The number of aromatic nitrogens is 1. The Bertz CT molecular complexity index is 654. The number of benzene rings is 1. The zero-order valence-corrected chi connectivity index (χ0v) is 13.0. The van der Waals surface area contributed by atoms with Crippen molar-refractivity contribution >= 4 is 11.9 Å². The molecule has 2 aromatic rings. The van der Waals surface area contributed by atoms with Gasteiger partial charge >= 0.3 is 5.97 Å². The number of hydrogen-bond acceptors (Lipinski definition) is 6. The van der Waals surface area contributed by atoms with Crippen molar-refractivity contribution in [3.05, 3.63) is 53.7 Å². The van der Waals surface area contributed by atoms with Gasteiger partial charge in [-0.3, -0.25) is 4.79 Å². The van der Waals surface area contributed by atoms with Crippen LogP contribution in [0.2, 0.25) is 0 Å². The molecule has 1 heterocycles. The molecule has 0 bridgehead atoms. The Hall–Kier alpha value is -2.67. The molecule has 122 valence electrons. The van der Waals surface area contributed by atoms with Crippen LogP contribution in [0.3, 0.4) is 0 Å². The summed E-state index contributed by atoms with van der Waals surface area (Å²) in [5, 5.41) is 0. The summed E-state index contributed by atoms with van der Waals surface area (Å²) in [6.45, 7) is 0.886. The van der Waals surface area contributed by atoms with Crippen LogP contribution in [0, 0.1) is 0 Å². The van der Waals surface area contributed by atoms with E-state index in [-0.39, 0.29) is 24.0 Å². The Morgan fingerprint density at radius 2 is 1.96 bits per heavy atom. The minimum Gasteiger partial charge on any atom is -0.464 e. The maximum absolute atomic E-state index is 12.6. The zero-order valence-electron chi connectivity index (χ0n) is 13.0. The number of carbonyl (C=O) groups is 2. The third kappa shape index (κ3) is 4.40. The van der Waals surface area contributed by atoms with Gasteiger partial charge in [0.05, 0.1) is 20.3 Å². The third-order valence-electron chi connectivity index (χ3n) is 3.15.